The zero-order valence-electron chi connectivity index (χ0n) is 18.6. The molecule has 174 valence electrons. The number of rotatable bonds is 11. The molecule has 0 unspecified atom stereocenters. The lowest BCUT2D eigenvalue weighted by atomic mass is 9.94. The molecule has 1 amide bonds. The van der Waals surface area contributed by atoms with Crippen molar-refractivity contribution >= 4 is 5.91 Å². The summed E-state index contributed by atoms with van der Waals surface area (Å²) in [5, 5.41) is 13.5. The lowest BCUT2D eigenvalue weighted by Crippen LogP contribution is -2.46. The Hall–Kier alpha value is -3.49. The fourth-order valence-corrected chi connectivity index (χ4v) is 3.16. The van der Waals surface area contributed by atoms with Gasteiger partial charge in [-0.05, 0) is 56.2 Å². The molecule has 0 aliphatic rings. The number of carbonyl (C=O) groups is 1. The molecule has 0 radical (unpaired) electrons. The van der Waals surface area contributed by atoms with Crippen LogP contribution < -0.4 is 20.5 Å². The first-order valence-corrected chi connectivity index (χ1v) is 10.5. The van der Waals surface area contributed by atoms with Crippen molar-refractivity contribution in [1.29, 1.82) is 0 Å². The number of aliphatic hydroxyl groups excluding tert-OH is 1. The van der Waals surface area contributed by atoms with E-state index in [1.54, 1.807) is 24.3 Å². The first kappa shape index (κ1) is 24.2. The molecule has 3 rings (SSSR count). The normalized spacial score (nSPS) is 12.2. The SMILES string of the molecule is CC(C)(Cc1ccc(Oc2ccc(C(N)=O)cn2)cc1)NC[C@H](O)COc1ccccc1F. The van der Waals surface area contributed by atoms with E-state index in [4.69, 9.17) is 15.2 Å². The molecule has 0 aliphatic carbocycles. The first-order valence-electron chi connectivity index (χ1n) is 10.5. The number of halogens is 1. The largest absolute Gasteiger partial charge is 0.488 e. The average Bonchev–Trinajstić information content (AvgIpc) is 2.79. The van der Waals surface area contributed by atoms with Gasteiger partial charge in [-0.2, -0.15) is 0 Å². The second-order valence-electron chi connectivity index (χ2n) is 8.33. The third-order valence-corrected chi connectivity index (χ3v) is 4.90. The van der Waals surface area contributed by atoms with Crippen LogP contribution in [0, 0.1) is 5.82 Å². The van der Waals surface area contributed by atoms with Gasteiger partial charge in [0.15, 0.2) is 11.6 Å². The van der Waals surface area contributed by atoms with E-state index in [1.807, 2.05) is 38.1 Å². The molecule has 8 heteroatoms. The third-order valence-electron chi connectivity index (χ3n) is 4.90. The van der Waals surface area contributed by atoms with Crippen LogP contribution in [-0.2, 0) is 6.42 Å². The van der Waals surface area contributed by atoms with Gasteiger partial charge in [0.1, 0.15) is 18.5 Å². The van der Waals surface area contributed by atoms with E-state index in [0.717, 1.165) is 5.56 Å². The number of carbonyl (C=O) groups excluding carboxylic acids is 1. The summed E-state index contributed by atoms with van der Waals surface area (Å²) < 4.78 is 24.7. The molecule has 2 aromatic carbocycles. The molecular weight excluding hydrogens is 425 g/mol. The molecule has 7 nitrogen and oxygen atoms in total. The summed E-state index contributed by atoms with van der Waals surface area (Å²) in [7, 11) is 0. The van der Waals surface area contributed by atoms with Crippen LogP contribution in [0.3, 0.4) is 0 Å². The predicted molar refractivity (Wildman–Crippen MR) is 123 cm³/mol. The number of nitrogens with one attached hydrogen (secondary N) is 1. The Morgan fingerprint density at radius 2 is 1.88 bits per heavy atom. The van der Waals surface area contributed by atoms with Crippen LogP contribution in [-0.4, -0.2) is 40.8 Å². The average molecular weight is 454 g/mol. The standard InChI is InChI=1S/C25H28FN3O4/c1-25(2,29-15-19(30)16-32-22-6-4-3-5-21(22)26)13-17-7-10-20(11-8-17)33-23-12-9-18(14-28-23)24(27)31/h3-12,14,19,29-30H,13,15-16H2,1-2H3,(H2,27,31)/t19-/m0/s1. The van der Waals surface area contributed by atoms with E-state index < -0.39 is 17.8 Å². The Balaban J connectivity index is 1.46. The number of aliphatic hydroxyl groups is 1. The summed E-state index contributed by atoms with van der Waals surface area (Å²) in [5.74, 6) is 0.103. The van der Waals surface area contributed by atoms with Crippen LogP contribution in [0.4, 0.5) is 4.39 Å². The Kier molecular flexibility index (Phi) is 7.97. The van der Waals surface area contributed by atoms with Crippen LogP contribution in [0.5, 0.6) is 17.4 Å². The van der Waals surface area contributed by atoms with Gasteiger partial charge in [0.05, 0.1) is 5.56 Å². The summed E-state index contributed by atoms with van der Waals surface area (Å²) in [6.07, 6.45) is 1.29. The second kappa shape index (κ2) is 10.9. The Morgan fingerprint density at radius 3 is 2.52 bits per heavy atom. The number of primary amides is 1. The minimum Gasteiger partial charge on any atom is -0.488 e. The molecular formula is C25H28FN3O4. The van der Waals surface area contributed by atoms with Gasteiger partial charge < -0.3 is 25.6 Å². The third kappa shape index (κ3) is 7.55. The number of ether oxygens (including phenoxy) is 2. The highest BCUT2D eigenvalue weighted by atomic mass is 19.1. The lowest BCUT2D eigenvalue weighted by Gasteiger charge is -2.28. The Bertz CT molecular complexity index is 1060. The minimum absolute atomic E-state index is 0.00942. The van der Waals surface area contributed by atoms with Crippen LogP contribution in [0.15, 0.2) is 66.9 Å². The van der Waals surface area contributed by atoms with Crippen LogP contribution in [0.25, 0.3) is 0 Å². The molecule has 0 saturated heterocycles. The van der Waals surface area contributed by atoms with E-state index >= 15 is 0 Å². The van der Waals surface area contributed by atoms with Gasteiger partial charge in [-0.3, -0.25) is 4.79 Å². The zero-order chi connectivity index (χ0) is 23.8. The molecule has 0 fully saturated rings. The van der Waals surface area contributed by atoms with Gasteiger partial charge in [-0.25, -0.2) is 9.37 Å². The number of hydrogen-bond donors (Lipinski definition) is 3. The number of pyridine rings is 1. The van der Waals surface area contributed by atoms with E-state index in [9.17, 15) is 14.3 Å². The number of nitrogens with two attached hydrogens (primary N) is 1. The van der Waals surface area contributed by atoms with Gasteiger partial charge in [0, 0.05) is 24.3 Å². The quantitative estimate of drug-likeness (QED) is 0.411. The first-order chi connectivity index (χ1) is 15.7. The van der Waals surface area contributed by atoms with E-state index in [1.165, 1.54) is 18.3 Å². The highest BCUT2D eigenvalue weighted by Crippen LogP contribution is 2.22. The molecule has 0 aliphatic heterocycles. The van der Waals surface area contributed by atoms with Gasteiger partial charge in [0.25, 0.3) is 0 Å². The molecule has 1 atom stereocenters. The van der Waals surface area contributed by atoms with E-state index in [0.29, 0.717) is 30.2 Å². The summed E-state index contributed by atoms with van der Waals surface area (Å²) >= 11 is 0. The van der Waals surface area contributed by atoms with Crippen LogP contribution >= 0.6 is 0 Å². The van der Waals surface area contributed by atoms with Crippen molar-refractivity contribution in [2.45, 2.75) is 31.9 Å². The molecule has 0 bridgehead atoms. The maximum absolute atomic E-state index is 13.6. The van der Waals surface area contributed by atoms with Gasteiger partial charge in [0.2, 0.25) is 11.8 Å². The Labute approximate surface area is 192 Å². The highest BCUT2D eigenvalue weighted by Gasteiger charge is 2.20. The highest BCUT2D eigenvalue weighted by molar-refractivity contribution is 5.92. The van der Waals surface area contributed by atoms with Crippen molar-refractivity contribution in [3.63, 3.8) is 0 Å². The number of hydrogen-bond acceptors (Lipinski definition) is 6. The van der Waals surface area contributed by atoms with Gasteiger partial charge in [-0.1, -0.05) is 24.3 Å². The van der Waals surface area contributed by atoms with Crippen molar-refractivity contribution in [3.8, 4) is 17.4 Å². The molecule has 4 N–H and O–H groups in total. The fraction of sp³-hybridized carbons (Fsp3) is 0.280. The van der Waals surface area contributed by atoms with Crippen molar-refractivity contribution < 1.29 is 23.8 Å². The summed E-state index contributed by atoms with van der Waals surface area (Å²) in [4.78, 5) is 15.2. The van der Waals surface area contributed by atoms with Crippen molar-refractivity contribution in [1.82, 2.24) is 10.3 Å². The second-order valence-corrected chi connectivity index (χ2v) is 8.33. The number of para-hydroxylation sites is 1. The van der Waals surface area contributed by atoms with E-state index in [-0.39, 0.29) is 17.9 Å². The minimum atomic E-state index is -0.784. The fourth-order valence-electron chi connectivity index (χ4n) is 3.16. The molecule has 0 saturated carbocycles. The van der Waals surface area contributed by atoms with Crippen LogP contribution in [0.1, 0.15) is 29.8 Å². The number of nitrogens with zero attached hydrogens (tertiary/aromatic N) is 1. The molecule has 3 aromatic rings. The zero-order valence-corrected chi connectivity index (χ0v) is 18.6. The summed E-state index contributed by atoms with van der Waals surface area (Å²) in [5.41, 5.74) is 6.30. The molecule has 0 spiro atoms. The van der Waals surface area contributed by atoms with Crippen molar-refractivity contribution in [3.05, 3.63) is 83.8 Å². The smallest absolute Gasteiger partial charge is 0.250 e. The van der Waals surface area contributed by atoms with Gasteiger partial charge >= 0.3 is 0 Å². The molecule has 1 heterocycles. The lowest BCUT2D eigenvalue weighted by molar-refractivity contribution is 0.0968. The maximum Gasteiger partial charge on any atom is 0.250 e. The number of β-amino-alcohol motifs (C(OH)–C–C–N with tert-alkyl or cyclic N) is 1. The number of amides is 1. The van der Waals surface area contributed by atoms with E-state index in [2.05, 4.69) is 10.3 Å². The van der Waals surface area contributed by atoms with Crippen molar-refractivity contribution in [2.24, 2.45) is 5.73 Å². The predicted octanol–water partition coefficient (Wildman–Crippen LogP) is 3.46. The summed E-state index contributed by atoms with van der Waals surface area (Å²) in [6, 6.07) is 16.8. The number of benzene rings is 2. The van der Waals surface area contributed by atoms with Crippen molar-refractivity contribution in [2.75, 3.05) is 13.2 Å². The van der Waals surface area contributed by atoms with Crippen LogP contribution in [0.2, 0.25) is 0 Å². The molecule has 1 aromatic heterocycles. The Morgan fingerprint density at radius 1 is 1.15 bits per heavy atom. The molecule has 33 heavy (non-hydrogen) atoms. The summed E-state index contributed by atoms with van der Waals surface area (Å²) in [6.45, 7) is 4.36. The number of aromatic nitrogens is 1. The van der Waals surface area contributed by atoms with Gasteiger partial charge in [-0.15, -0.1) is 0 Å². The monoisotopic (exact) mass is 453 g/mol. The maximum atomic E-state index is 13.6. The topological polar surface area (TPSA) is 107 Å².